The van der Waals surface area contributed by atoms with Crippen LogP contribution in [-0.2, 0) is 20.0 Å². The van der Waals surface area contributed by atoms with E-state index in [9.17, 15) is 16.8 Å². The van der Waals surface area contributed by atoms with E-state index in [1.54, 1.807) is 19.1 Å². The van der Waals surface area contributed by atoms with Crippen molar-refractivity contribution in [3.63, 3.8) is 0 Å². The minimum atomic E-state index is -3.88. The van der Waals surface area contributed by atoms with E-state index < -0.39 is 26.1 Å². The molecule has 1 unspecified atom stereocenters. The van der Waals surface area contributed by atoms with Gasteiger partial charge < -0.3 is 4.42 Å². The summed E-state index contributed by atoms with van der Waals surface area (Å²) in [7, 11) is -7.60. The van der Waals surface area contributed by atoms with Crippen LogP contribution in [0.3, 0.4) is 0 Å². The normalized spacial score (nSPS) is 16.9. The van der Waals surface area contributed by atoms with Crippen LogP contribution in [0.2, 0.25) is 0 Å². The van der Waals surface area contributed by atoms with Crippen molar-refractivity contribution in [3.8, 4) is 0 Å². The molecule has 0 radical (unpaired) electrons. The topological polar surface area (TPSA) is 105 Å². The summed E-state index contributed by atoms with van der Waals surface area (Å²) in [5.74, 6) is 0.470. The fraction of sp³-hybridized carbons (Fsp3) is 0.333. The standard InChI is InChI=1S/C15H18N2O5S2/c1-11(15-6-3-9-22-15)16-23(18,19)13-4-2-5-14(10-13)24(20,21)17-12-7-8-12/h2-6,9-12,16-17H,7-8H2,1H3. The molecular weight excluding hydrogens is 352 g/mol. The molecule has 1 aromatic heterocycles. The Hall–Kier alpha value is -1.68. The van der Waals surface area contributed by atoms with Crippen LogP contribution in [0.5, 0.6) is 0 Å². The van der Waals surface area contributed by atoms with Gasteiger partial charge in [-0.2, -0.15) is 0 Å². The highest BCUT2D eigenvalue weighted by Crippen LogP contribution is 2.24. The smallest absolute Gasteiger partial charge is 0.241 e. The van der Waals surface area contributed by atoms with Crippen molar-refractivity contribution >= 4 is 20.0 Å². The first-order chi connectivity index (χ1) is 11.3. The van der Waals surface area contributed by atoms with Crippen LogP contribution in [0.15, 0.2) is 56.9 Å². The van der Waals surface area contributed by atoms with Crippen LogP contribution < -0.4 is 9.44 Å². The van der Waals surface area contributed by atoms with Crippen molar-refractivity contribution in [3.05, 3.63) is 48.4 Å². The van der Waals surface area contributed by atoms with Gasteiger partial charge in [-0.1, -0.05) is 6.07 Å². The lowest BCUT2D eigenvalue weighted by Gasteiger charge is -2.13. The van der Waals surface area contributed by atoms with Crippen LogP contribution in [0, 0.1) is 0 Å². The average Bonchev–Trinajstić information content (AvgIpc) is 3.15. The molecule has 2 aromatic rings. The maximum absolute atomic E-state index is 12.5. The Morgan fingerprint density at radius 1 is 1.04 bits per heavy atom. The van der Waals surface area contributed by atoms with Crippen molar-refractivity contribution in [2.24, 2.45) is 0 Å². The quantitative estimate of drug-likeness (QED) is 0.772. The third kappa shape index (κ3) is 3.86. The van der Waals surface area contributed by atoms with Crippen LogP contribution in [0.25, 0.3) is 0 Å². The SMILES string of the molecule is CC(NS(=O)(=O)c1cccc(S(=O)(=O)NC2CC2)c1)c1ccco1. The van der Waals surface area contributed by atoms with Gasteiger partial charge in [0, 0.05) is 6.04 Å². The summed E-state index contributed by atoms with van der Waals surface area (Å²) in [6.07, 6.45) is 3.07. The van der Waals surface area contributed by atoms with Crippen molar-refractivity contribution in [1.82, 2.24) is 9.44 Å². The highest BCUT2D eigenvalue weighted by molar-refractivity contribution is 7.90. The van der Waals surface area contributed by atoms with Crippen molar-refractivity contribution in [2.45, 2.75) is 41.6 Å². The molecule has 1 saturated carbocycles. The number of benzene rings is 1. The number of rotatable bonds is 7. The molecule has 1 heterocycles. The Morgan fingerprint density at radius 2 is 1.71 bits per heavy atom. The van der Waals surface area contributed by atoms with E-state index in [4.69, 9.17) is 4.42 Å². The summed E-state index contributed by atoms with van der Waals surface area (Å²) in [4.78, 5) is -0.178. The highest BCUT2D eigenvalue weighted by atomic mass is 32.2. The van der Waals surface area contributed by atoms with E-state index in [1.165, 1.54) is 24.5 Å². The maximum atomic E-state index is 12.5. The molecular formula is C15H18N2O5S2. The summed E-state index contributed by atoms with van der Waals surface area (Å²) >= 11 is 0. The number of sulfonamides is 2. The van der Waals surface area contributed by atoms with E-state index >= 15 is 0 Å². The Labute approximate surface area is 141 Å². The molecule has 2 N–H and O–H groups in total. The summed E-state index contributed by atoms with van der Waals surface area (Å²) in [5, 5.41) is 0. The zero-order valence-electron chi connectivity index (χ0n) is 13.0. The second-order valence-electron chi connectivity index (χ2n) is 5.73. The van der Waals surface area contributed by atoms with Gasteiger partial charge >= 0.3 is 0 Å². The Bertz CT molecular complexity index is 917. The first-order valence-electron chi connectivity index (χ1n) is 7.46. The summed E-state index contributed by atoms with van der Waals surface area (Å²) in [6, 6.07) is 8.00. The van der Waals surface area contributed by atoms with Crippen LogP contribution in [0.4, 0.5) is 0 Å². The van der Waals surface area contributed by atoms with Crippen molar-refractivity contribution < 1.29 is 21.3 Å². The molecule has 130 valence electrons. The van der Waals surface area contributed by atoms with Crippen LogP contribution in [-0.4, -0.2) is 22.9 Å². The molecule has 3 rings (SSSR count). The summed E-state index contributed by atoms with van der Waals surface area (Å²) in [5.41, 5.74) is 0. The molecule has 1 aliphatic carbocycles. The number of furan rings is 1. The Kier molecular flexibility index (Phi) is 4.52. The van der Waals surface area contributed by atoms with Gasteiger partial charge in [-0.25, -0.2) is 26.3 Å². The van der Waals surface area contributed by atoms with Gasteiger partial charge in [0.05, 0.1) is 22.1 Å². The van der Waals surface area contributed by atoms with E-state index in [0.717, 1.165) is 18.9 Å². The van der Waals surface area contributed by atoms with E-state index in [2.05, 4.69) is 9.44 Å². The van der Waals surface area contributed by atoms with Gasteiger partial charge in [-0.15, -0.1) is 0 Å². The number of hydrogen-bond acceptors (Lipinski definition) is 5. The predicted octanol–water partition coefficient (Wildman–Crippen LogP) is 1.76. The van der Waals surface area contributed by atoms with E-state index in [1.807, 2.05) is 0 Å². The Morgan fingerprint density at radius 3 is 2.29 bits per heavy atom. The highest BCUT2D eigenvalue weighted by Gasteiger charge is 2.29. The molecule has 24 heavy (non-hydrogen) atoms. The summed E-state index contributed by atoms with van der Waals surface area (Å²) < 4.78 is 59.6. The fourth-order valence-electron chi connectivity index (χ4n) is 2.19. The molecule has 0 saturated heterocycles. The molecule has 0 spiro atoms. The van der Waals surface area contributed by atoms with Gasteiger partial charge in [-0.3, -0.25) is 0 Å². The van der Waals surface area contributed by atoms with Gasteiger partial charge in [0.1, 0.15) is 5.76 Å². The number of hydrogen-bond donors (Lipinski definition) is 2. The monoisotopic (exact) mass is 370 g/mol. The van der Waals surface area contributed by atoms with Crippen molar-refractivity contribution in [1.29, 1.82) is 0 Å². The average molecular weight is 370 g/mol. The van der Waals surface area contributed by atoms with E-state index in [0.29, 0.717) is 5.76 Å². The molecule has 0 aliphatic heterocycles. The zero-order valence-corrected chi connectivity index (χ0v) is 14.6. The Balaban J connectivity index is 1.84. The molecule has 1 atom stereocenters. The molecule has 0 bridgehead atoms. The van der Waals surface area contributed by atoms with Crippen LogP contribution >= 0.6 is 0 Å². The van der Waals surface area contributed by atoms with Crippen LogP contribution in [0.1, 0.15) is 31.6 Å². The number of nitrogens with one attached hydrogen (secondary N) is 2. The second-order valence-corrected chi connectivity index (χ2v) is 9.16. The zero-order chi connectivity index (χ0) is 17.4. The van der Waals surface area contributed by atoms with Crippen molar-refractivity contribution in [2.75, 3.05) is 0 Å². The largest absolute Gasteiger partial charge is 0.468 e. The molecule has 9 heteroatoms. The van der Waals surface area contributed by atoms with Gasteiger partial charge in [0.2, 0.25) is 20.0 Å². The molecule has 1 aliphatic rings. The maximum Gasteiger partial charge on any atom is 0.241 e. The first-order valence-corrected chi connectivity index (χ1v) is 10.4. The van der Waals surface area contributed by atoms with Gasteiger partial charge in [0.25, 0.3) is 0 Å². The lowest BCUT2D eigenvalue weighted by atomic mass is 10.3. The minimum Gasteiger partial charge on any atom is -0.468 e. The third-order valence-electron chi connectivity index (χ3n) is 3.63. The van der Waals surface area contributed by atoms with E-state index in [-0.39, 0.29) is 15.8 Å². The van der Waals surface area contributed by atoms with Gasteiger partial charge in [-0.05, 0) is 50.1 Å². The molecule has 7 nitrogen and oxygen atoms in total. The summed E-state index contributed by atoms with van der Waals surface area (Å²) in [6.45, 7) is 1.64. The lowest BCUT2D eigenvalue weighted by molar-refractivity contribution is 0.459. The predicted molar refractivity (Wildman–Crippen MR) is 87.2 cm³/mol. The fourth-order valence-corrected chi connectivity index (χ4v) is 4.88. The third-order valence-corrected chi connectivity index (χ3v) is 6.68. The first kappa shape index (κ1) is 17.2. The van der Waals surface area contributed by atoms with Gasteiger partial charge in [0.15, 0.2) is 0 Å². The lowest BCUT2D eigenvalue weighted by Crippen LogP contribution is -2.28. The minimum absolute atomic E-state index is 0.0487. The molecule has 1 fully saturated rings. The second kappa shape index (κ2) is 6.32. The molecule has 1 aromatic carbocycles. The molecule has 0 amide bonds.